The number of rotatable bonds is 4. The van der Waals surface area contributed by atoms with E-state index < -0.39 is 0 Å². The van der Waals surface area contributed by atoms with Crippen molar-refractivity contribution in [3.63, 3.8) is 0 Å². The van der Waals surface area contributed by atoms with Gasteiger partial charge in [-0.2, -0.15) is 0 Å². The van der Waals surface area contributed by atoms with Crippen LogP contribution < -0.4 is 5.73 Å². The smallest absolute Gasteiger partial charge is 0.0508 e. The maximum atomic E-state index is 9.61. The molecule has 20 heavy (non-hydrogen) atoms. The molecule has 1 saturated carbocycles. The lowest BCUT2D eigenvalue weighted by Crippen LogP contribution is -2.27. The molecule has 1 fully saturated rings. The molecule has 0 bridgehead atoms. The highest BCUT2D eigenvalue weighted by atomic mass is 16.3. The minimum absolute atomic E-state index is 0.0196. The van der Waals surface area contributed by atoms with Gasteiger partial charge in [0.1, 0.15) is 0 Å². The number of nitrogens with two attached hydrogens (primary N) is 1. The van der Waals surface area contributed by atoms with Crippen LogP contribution >= 0.6 is 0 Å². The molecule has 0 aromatic heterocycles. The molecule has 0 saturated heterocycles. The van der Waals surface area contributed by atoms with E-state index in [0.29, 0.717) is 6.54 Å². The Kier molecular flexibility index (Phi) is 3.15. The first kappa shape index (κ1) is 13.3. The predicted octanol–water partition coefficient (Wildman–Crippen LogP) is 2.95. The third-order valence-corrected chi connectivity index (χ3v) is 5.06. The van der Waals surface area contributed by atoms with Gasteiger partial charge in [0.2, 0.25) is 0 Å². The summed E-state index contributed by atoms with van der Waals surface area (Å²) in [5.74, 6) is 0. The third kappa shape index (κ3) is 1.88. The Morgan fingerprint density at radius 1 is 1.00 bits per heavy atom. The standard InChI is InChI=1S/C18H21NO/c1-17(11-18(17,12-19)13-20)16-9-7-15(8-10-16)14-5-3-2-4-6-14/h2-10,20H,11-13,19H2,1H3. The van der Waals surface area contributed by atoms with E-state index in [1.807, 2.05) is 6.07 Å². The number of hydrogen-bond donors (Lipinski definition) is 2. The molecule has 0 heterocycles. The van der Waals surface area contributed by atoms with Crippen molar-refractivity contribution in [3.05, 3.63) is 60.2 Å². The zero-order chi connectivity index (χ0) is 14.2. The topological polar surface area (TPSA) is 46.2 Å². The van der Waals surface area contributed by atoms with Crippen LogP contribution in [0.3, 0.4) is 0 Å². The van der Waals surface area contributed by atoms with Crippen molar-refractivity contribution in [2.24, 2.45) is 11.1 Å². The van der Waals surface area contributed by atoms with Gasteiger partial charge in [0.15, 0.2) is 0 Å². The van der Waals surface area contributed by atoms with E-state index in [0.717, 1.165) is 6.42 Å². The molecule has 104 valence electrons. The summed E-state index contributed by atoms with van der Waals surface area (Å²) >= 11 is 0. The average molecular weight is 267 g/mol. The molecule has 1 aliphatic carbocycles. The summed E-state index contributed by atoms with van der Waals surface area (Å²) in [7, 11) is 0. The fourth-order valence-corrected chi connectivity index (χ4v) is 3.29. The van der Waals surface area contributed by atoms with Gasteiger partial charge in [0.05, 0.1) is 6.61 Å². The van der Waals surface area contributed by atoms with Crippen molar-refractivity contribution in [2.45, 2.75) is 18.8 Å². The molecule has 0 radical (unpaired) electrons. The fraction of sp³-hybridized carbons (Fsp3) is 0.333. The van der Waals surface area contributed by atoms with Gasteiger partial charge in [-0.3, -0.25) is 0 Å². The summed E-state index contributed by atoms with van der Waals surface area (Å²) in [6.07, 6.45) is 0.970. The lowest BCUT2D eigenvalue weighted by atomic mass is 9.87. The number of aliphatic hydroxyl groups is 1. The Bertz CT molecular complexity index is 587. The van der Waals surface area contributed by atoms with Gasteiger partial charge in [0.25, 0.3) is 0 Å². The Morgan fingerprint density at radius 3 is 2.10 bits per heavy atom. The van der Waals surface area contributed by atoms with Gasteiger partial charge in [-0.15, -0.1) is 0 Å². The van der Waals surface area contributed by atoms with Crippen molar-refractivity contribution >= 4 is 0 Å². The lowest BCUT2D eigenvalue weighted by molar-refractivity contribution is 0.198. The first-order chi connectivity index (χ1) is 9.65. The molecular weight excluding hydrogens is 246 g/mol. The number of hydrogen-bond acceptors (Lipinski definition) is 2. The summed E-state index contributed by atoms with van der Waals surface area (Å²) in [4.78, 5) is 0. The van der Waals surface area contributed by atoms with E-state index in [2.05, 4.69) is 55.5 Å². The van der Waals surface area contributed by atoms with Crippen LogP contribution in [0, 0.1) is 5.41 Å². The molecule has 3 N–H and O–H groups in total. The normalized spacial score (nSPS) is 28.4. The minimum Gasteiger partial charge on any atom is -0.396 e. The van der Waals surface area contributed by atoms with Crippen molar-refractivity contribution in [1.82, 2.24) is 0 Å². The zero-order valence-electron chi connectivity index (χ0n) is 11.8. The molecule has 3 rings (SSSR count). The van der Waals surface area contributed by atoms with Crippen molar-refractivity contribution in [3.8, 4) is 11.1 Å². The molecule has 1 aliphatic rings. The summed E-state index contributed by atoms with van der Waals surface area (Å²) in [6.45, 7) is 2.91. The Balaban J connectivity index is 1.88. The van der Waals surface area contributed by atoms with Crippen LogP contribution in [0.5, 0.6) is 0 Å². The summed E-state index contributed by atoms with van der Waals surface area (Å²) in [6, 6.07) is 19.0. The van der Waals surface area contributed by atoms with E-state index >= 15 is 0 Å². The predicted molar refractivity (Wildman–Crippen MR) is 82.4 cm³/mol. The van der Waals surface area contributed by atoms with Crippen LogP contribution in [-0.2, 0) is 5.41 Å². The van der Waals surface area contributed by atoms with Crippen molar-refractivity contribution in [2.75, 3.05) is 13.2 Å². The third-order valence-electron chi connectivity index (χ3n) is 5.06. The Hall–Kier alpha value is -1.64. The zero-order valence-corrected chi connectivity index (χ0v) is 11.8. The lowest BCUT2D eigenvalue weighted by Gasteiger charge is -2.20. The average Bonchev–Trinajstić information content (AvgIpc) is 3.15. The van der Waals surface area contributed by atoms with Crippen LogP contribution in [0.15, 0.2) is 54.6 Å². The first-order valence-corrected chi connectivity index (χ1v) is 7.12. The summed E-state index contributed by atoms with van der Waals surface area (Å²) in [5, 5.41) is 9.61. The highest BCUT2D eigenvalue weighted by molar-refractivity contribution is 5.64. The maximum Gasteiger partial charge on any atom is 0.0508 e. The maximum absolute atomic E-state index is 9.61. The molecule has 2 nitrogen and oxygen atoms in total. The number of benzene rings is 2. The molecule has 0 aliphatic heterocycles. The SMILES string of the molecule is CC1(c2ccc(-c3ccccc3)cc2)CC1(CN)CO. The van der Waals surface area contributed by atoms with Crippen LogP contribution in [0.1, 0.15) is 18.9 Å². The molecule has 0 spiro atoms. The van der Waals surface area contributed by atoms with Gasteiger partial charge >= 0.3 is 0 Å². The van der Waals surface area contributed by atoms with E-state index in [4.69, 9.17) is 5.73 Å². The monoisotopic (exact) mass is 267 g/mol. The summed E-state index contributed by atoms with van der Waals surface area (Å²) < 4.78 is 0. The van der Waals surface area contributed by atoms with E-state index in [1.165, 1.54) is 16.7 Å². The van der Waals surface area contributed by atoms with Gasteiger partial charge in [-0.1, -0.05) is 61.5 Å². The highest BCUT2D eigenvalue weighted by Gasteiger charge is 2.63. The van der Waals surface area contributed by atoms with Gasteiger partial charge in [-0.25, -0.2) is 0 Å². The first-order valence-electron chi connectivity index (χ1n) is 7.12. The number of aliphatic hydroxyl groups excluding tert-OH is 1. The molecule has 2 heteroatoms. The molecule has 2 atom stereocenters. The second-order valence-electron chi connectivity index (χ2n) is 6.09. The van der Waals surface area contributed by atoms with E-state index in [9.17, 15) is 5.11 Å². The van der Waals surface area contributed by atoms with Gasteiger partial charge < -0.3 is 10.8 Å². The molecular formula is C18H21NO. The molecule has 2 unspecified atom stereocenters. The van der Waals surface area contributed by atoms with Crippen molar-refractivity contribution in [1.29, 1.82) is 0 Å². The minimum atomic E-state index is -0.124. The van der Waals surface area contributed by atoms with Gasteiger partial charge in [-0.05, 0) is 23.1 Å². The second-order valence-corrected chi connectivity index (χ2v) is 6.09. The van der Waals surface area contributed by atoms with E-state index in [1.54, 1.807) is 0 Å². The van der Waals surface area contributed by atoms with Crippen LogP contribution in [0.2, 0.25) is 0 Å². The Morgan fingerprint density at radius 2 is 1.60 bits per heavy atom. The second kappa shape index (κ2) is 4.72. The highest BCUT2D eigenvalue weighted by Crippen LogP contribution is 2.63. The van der Waals surface area contributed by atoms with Crippen LogP contribution in [0.25, 0.3) is 11.1 Å². The molecule has 0 amide bonds. The largest absolute Gasteiger partial charge is 0.396 e. The van der Waals surface area contributed by atoms with Crippen molar-refractivity contribution < 1.29 is 5.11 Å². The van der Waals surface area contributed by atoms with E-state index in [-0.39, 0.29) is 17.4 Å². The molecule has 2 aromatic rings. The quantitative estimate of drug-likeness (QED) is 0.894. The fourth-order valence-electron chi connectivity index (χ4n) is 3.29. The van der Waals surface area contributed by atoms with Crippen LogP contribution in [-0.4, -0.2) is 18.3 Å². The van der Waals surface area contributed by atoms with Gasteiger partial charge in [0, 0.05) is 17.4 Å². The molecule has 2 aromatic carbocycles. The van der Waals surface area contributed by atoms with Crippen LogP contribution in [0.4, 0.5) is 0 Å². The Labute approximate surface area is 120 Å². The summed E-state index contributed by atoms with van der Waals surface area (Å²) in [5.41, 5.74) is 9.48.